The minimum Gasteiger partial charge on any atom is -0.311 e. The van der Waals surface area contributed by atoms with Gasteiger partial charge < -0.3 is 5.32 Å². The van der Waals surface area contributed by atoms with Crippen molar-refractivity contribution in [2.45, 2.75) is 12.8 Å². The SMILES string of the molecule is O=C(CC1CCS(=O)(=O)C1)Nc1ccn[nH]1. The van der Waals surface area contributed by atoms with Crippen LogP contribution in [0.3, 0.4) is 0 Å². The van der Waals surface area contributed by atoms with Gasteiger partial charge in [-0.15, -0.1) is 0 Å². The van der Waals surface area contributed by atoms with Gasteiger partial charge in [0.15, 0.2) is 9.84 Å². The van der Waals surface area contributed by atoms with Gasteiger partial charge in [0.2, 0.25) is 5.91 Å². The molecule has 0 bridgehead atoms. The number of aromatic nitrogens is 2. The molecule has 1 atom stereocenters. The fourth-order valence-corrected chi connectivity index (χ4v) is 3.68. The molecule has 2 heterocycles. The molecule has 0 aromatic carbocycles. The number of carbonyl (C=O) groups excluding carboxylic acids is 1. The van der Waals surface area contributed by atoms with Crippen molar-refractivity contribution in [1.82, 2.24) is 10.2 Å². The molecule has 1 unspecified atom stereocenters. The van der Waals surface area contributed by atoms with E-state index < -0.39 is 9.84 Å². The number of anilines is 1. The van der Waals surface area contributed by atoms with Gasteiger partial charge in [-0.05, 0) is 12.3 Å². The second kappa shape index (κ2) is 4.25. The standard InChI is InChI=1S/C9H13N3O3S/c13-9(11-8-1-3-10-12-8)5-7-2-4-16(14,15)6-7/h1,3,7H,2,4-6H2,(H2,10,11,12,13). The van der Waals surface area contributed by atoms with Gasteiger partial charge in [-0.25, -0.2) is 8.42 Å². The smallest absolute Gasteiger partial charge is 0.225 e. The zero-order valence-electron chi connectivity index (χ0n) is 8.64. The third-order valence-electron chi connectivity index (χ3n) is 2.58. The number of nitrogens with one attached hydrogen (secondary N) is 2. The van der Waals surface area contributed by atoms with Crippen molar-refractivity contribution in [1.29, 1.82) is 0 Å². The third-order valence-corrected chi connectivity index (χ3v) is 4.41. The van der Waals surface area contributed by atoms with Crippen molar-refractivity contribution in [3.05, 3.63) is 12.3 Å². The summed E-state index contributed by atoms with van der Waals surface area (Å²) in [4.78, 5) is 11.5. The zero-order valence-corrected chi connectivity index (χ0v) is 9.46. The predicted molar refractivity (Wildman–Crippen MR) is 58.6 cm³/mol. The molecule has 1 aliphatic heterocycles. The summed E-state index contributed by atoms with van der Waals surface area (Å²) in [7, 11) is -2.90. The van der Waals surface area contributed by atoms with Gasteiger partial charge >= 0.3 is 0 Å². The Balaban J connectivity index is 1.85. The normalized spacial score (nSPS) is 23.1. The van der Waals surface area contributed by atoms with E-state index in [2.05, 4.69) is 15.5 Å². The van der Waals surface area contributed by atoms with E-state index in [1.54, 1.807) is 6.07 Å². The van der Waals surface area contributed by atoms with Crippen LogP contribution in [0.1, 0.15) is 12.8 Å². The van der Waals surface area contributed by atoms with E-state index in [0.29, 0.717) is 12.2 Å². The summed E-state index contributed by atoms with van der Waals surface area (Å²) in [5, 5.41) is 8.93. The largest absolute Gasteiger partial charge is 0.311 e. The maximum absolute atomic E-state index is 11.5. The van der Waals surface area contributed by atoms with Crippen LogP contribution >= 0.6 is 0 Å². The maximum atomic E-state index is 11.5. The topological polar surface area (TPSA) is 91.9 Å². The molecule has 88 valence electrons. The van der Waals surface area contributed by atoms with Crippen molar-refractivity contribution in [2.75, 3.05) is 16.8 Å². The molecular weight excluding hydrogens is 230 g/mol. The lowest BCUT2D eigenvalue weighted by molar-refractivity contribution is -0.116. The first-order valence-electron chi connectivity index (χ1n) is 5.05. The number of sulfone groups is 1. The molecule has 1 amide bonds. The highest BCUT2D eigenvalue weighted by atomic mass is 32.2. The molecule has 2 N–H and O–H groups in total. The summed E-state index contributed by atoms with van der Waals surface area (Å²) in [5.74, 6) is 0.642. The maximum Gasteiger partial charge on any atom is 0.225 e. The number of H-pyrrole nitrogens is 1. The highest BCUT2D eigenvalue weighted by Gasteiger charge is 2.29. The Labute approximate surface area is 93.3 Å². The van der Waals surface area contributed by atoms with Gasteiger partial charge in [-0.2, -0.15) is 5.10 Å². The summed E-state index contributed by atoms with van der Waals surface area (Å²) in [5.41, 5.74) is 0. The lowest BCUT2D eigenvalue weighted by Crippen LogP contribution is -2.17. The van der Waals surface area contributed by atoms with Gasteiger partial charge in [0, 0.05) is 12.5 Å². The summed E-state index contributed by atoms with van der Waals surface area (Å²) in [6.07, 6.45) is 2.37. The highest BCUT2D eigenvalue weighted by molar-refractivity contribution is 7.91. The molecule has 1 saturated heterocycles. The number of aromatic amines is 1. The van der Waals surface area contributed by atoms with Crippen molar-refractivity contribution in [3.8, 4) is 0 Å². The fourth-order valence-electron chi connectivity index (χ4n) is 1.82. The van der Waals surface area contributed by atoms with Crippen LogP contribution in [-0.4, -0.2) is 36.0 Å². The summed E-state index contributed by atoms with van der Waals surface area (Å²) in [6.45, 7) is 0. The zero-order chi connectivity index (χ0) is 11.6. The summed E-state index contributed by atoms with van der Waals surface area (Å²) < 4.78 is 22.4. The summed E-state index contributed by atoms with van der Waals surface area (Å²) in [6, 6.07) is 1.64. The van der Waals surface area contributed by atoms with Gasteiger partial charge in [0.25, 0.3) is 0 Å². The molecule has 6 nitrogen and oxygen atoms in total. The molecule has 2 rings (SSSR count). The lowest BCUT2D eigenvalue weighted by Gasteiger charge is -2.06. The van der Waals surface area contributed by atoms with Crippen molar-refractivity contribution >= 4 is 21.6 Å². The van der Waals surface area contributed by atoms with E-state index in [9.17, 15) is 13.2 Å². The number of nitrogens with zero attached hydrogens (tertiary/aromatic N) is 1. The lowest BCUT2D eigenvalue weighted by atomic mass is 10.1. The number of rotatable bonds is 3. The Morgan fingerprint density at radius 2 is 2.44 bits per heavy atom. The van der Waals surface area contributed by atoms with E-state index in [4.69, 9.17) is 0 Å². The van der Waals surface area contributed by atoms with Crippen LogP contribution in [0.15, 0.2) is 12.3 Å². The van der Waals surface area contributed by atoms with Gasteiger partial charge in [0.1, 0.15) is 5.82 Å². The van der Waals surface area contributed by atoms with Crippen molar-refractivity contribution in [2.24, 2.45) is 5.92 Å². The molecule has 7 heteroatoms. The number of amides is 1. The van der Waals surface area contributed by atoms with Crippen LogP contribution in [0, 0.1) is 5.92 Å². The predicted octanol–water partition coefficient (Wildman–Crippen LogP) is 0.173. The van der Waals surface area contributed by atoms with Crippen LogP contribution in [0.4, 0.5) is 5.82 Å². The Bertz CT molecular complexity index is 466. The second-order valence-corrected chi connectivity index (χ2v) is 6.22. The van der Waals surface area contributed by atoms with Crippen molar-refractivity contribution in [3.63, 3.8) is 0 Å². The van der Waals surface area contributed by atoms with Crippen LogP contribution in [0.2, 0.25) is 0 Å². The first-order chi connectivity index (χ1) is 7.55. The molecule has 0 saturated carbocycles. The highest BCUT2D eigenvalue weighted by Crippen LogP contribution is 2.21. The molecular formula is C9H13N3O3S. The van der Waals surface area contributed by atoms with Crippen molar-refractivity contribution < 1.29 is 13.2 Å². The molecule has 1 fully saturated rings. The number of carbonyl (C=O) groups is 1. The van der Waals surface area contributed by atoms with Gasteiger partial charge in [-0.1, -0.05) is 0 Å². The Morgan fingerprint density at radius 3 is 3.00 bits per heavy atom. The molecule has 0 aliphatic carbocycles. The molecule has 1 aliphatic rings. The Morgan fingerprint density at radius 1 is 1.62 bits per heavy atom. The van der Waals surface area contributed by atoms with Crippen LogP contribution < -0.4 is 5.32 Å². The summed E-state index contributed by atoms with van der Waals surface area (Å²) >= 11 is 0. The third kappa shape index (κ3) is 2.82. The number of hydrogen-bond acceptors (Lipinski definition) is 4. The van der Waals surface area contributed by atoms with E-state index >= 15 is 0 Å². The Kier molecular flexibility index (Phi) is 2.95. The monoisotopic (exact) mass is 243 g/mol. The first kappa shape index (κ1) is 11.1. The van der Waals surface area contributed by atoms with E-state index in [1.807, 2.05) is 0 Å². The average molecular weight is 243 g/mol. The Hall–Kier alpha value is -1.37. The molecule has 1 aromatic rings. The minimum absolute atomic E-state index is 0.0482. The van der Waals surface area contributed by atoms with E-state index in [-0.39, 0.29) is 29.8 Å². The van der Waals surface area contributed by atoms with Gasteiger partial charge in [0.05, 0.1) is 17.7 Å². The van der Waals surface area contributed by atoms with Crippen LogP contribution in [-0.2, 0) is 14.6 Å². The molecule has 1 aromatic heterocycles. The van der Waals surface area contributed by atoms with E-state index in [0.717, 1.165) is 0 Å². The fraction of sp³-hybridized carbons (Fsp3) is 0.556. The average Bonchev–Trinajstić information content (AvgIpc) is 2.76. The van der Waals surface area contributed by atoms with E-state index in [1.165, 1.54) is 6.20 Å². The molecule has 0 spiro atoms. The minimum atomic E-state index is -2.90. The first-order valence-corrected chi connectivity index (χ1v) is 6.87. The quantitative estimate of drug-likeness (QED) is 0.791. The van der Waals surface area contributed by atoms with Crippen LogP contribution in [0.5, 0.6) is 0 Å². The second-order valence-electron chi connectivity index (χ2n) is 3.99. The number of hydrogen-bond donors (Lipinski definition) is 2. The molecule has 16 heavy (non-hydrogen) atoms. The van der Waals surface area contributed by atoms with Crippen LogP contribution in [0.25, 0.3) is 0 Å². The van der Waals surface area contributed by atoms with Gasteiger partial charge in [-0.3, -0.25) is 9.89 Å². The molecule has 0 radical (unpaired) electrons.